The molecule has 0 saturated heterocycles. The number of methoxy groups -OCH3 is 2. The van der Waals surface area contributed by atoms with Crippen molar-refractivity contribution in [3.8, 4) is 11.5 Å². The van der Waals surface area contributed by atoms with Gasteiger partial charge in [0, 0.05) is 5.56 Å². The summed E-state index contributed by atoms with van der Waals surface area (Å²) in [6.45, 7) is 1.99. The molecule has 2 aromatic carbocycles. The minimum atomic E-state index is -0.881. The van der Waals surface area contributed by atoms with Crippen molar-refractivity contribution < 1.29 is 19.4 Å². The van der Waals surface area contributed by atoms with Gasteiger partial charge in [-0.05, 0) is 37.1 Å². The molecule has 1 unspecified atom stereocenters. The van der Waals surface area contributed by atoms with E-state index in [-0.39, 0.29) is 0 Å². The number of rotatable bonds is 6. The van der Waals surface area contributed by atoms with E-state index in [2.05, 4.69) is 0 Å². The molecule has 22 heavy (non-hydrogen) atoms. The topological polar surface area (TPSA) is 55.8 Å². The van der Waals surface area contributed by atoms with Crippen molar-refractivity contribution in [3.05, 3.63) is 59.2 Å². The Morgan fingerprint density at radius 1 is 1.14 bits per heavy atom. The fraction of sp³-hybridized carbons (Fsp3) is 0.278. The molecule has 4 heteroatoms. The molecule has 0 aliphatic heterocycles. The van der Waals surface area contributed by atoms with Crippen LogP contribution in [0, 0.1) is 6.92 Å². The van der Waals surface area contributed by atoms with Crippen LogP contribution in [0.4, 0.5) is 0 Å². The number of carboxylic acid groups (broad SMARTS) is 1. The first-order valence-electron chi connectivity index (χ1n) is 7.05. The van der Waals surface area contributed by atoms with E-state index in [1.165, 1.54) is 7.11 Å². The van der Waals surface area contributed by atoms with Crippen molar-refractivity contribution in [2.75, 3.05) is 14.2 Å². The molecule has 1 N–H and O–H groups in total. The quantitative estimate of drug-likeness (QED) is 0.888. The summed E-state index contributed by atoms with van der Waals surface area (Å²) in [5.41, 5.74) is 2.72. The van der Waals surface area contributed by atoms with Gasteiger partial charge in [0.1, 0.15) is 11.5 Å². The first kappa shape index (κ1) is 15.9. The smallest absolute Gasteiger partial charge is 0.311 e. The molecule has 2 aromatic rings. The maximum Gasteiger partial charge on any atom is 0.311 e. The van der Waals surface area contributed by atoms with Crippen LogP contribution in [0.1, 0.15) is 22.6 Å². The second-order valence-electron chi connectivity index (χ2n) is 5.19. The number of benzene rings is 2. The van der Waals surface area contributed by atoms with Crippen LogP contribution in [-0.4, -0.2) is 25.3 Å². The Hall–Kier alpha value is -2.49. The van der Waals surface area contributed by atoms with Gasteiger partial charge in [-0.2, -0.15) is 0 Å². The Balaban J connectivity index is 2.41. The summed E-state index contributed by atoms with van der Waals surface area (Å²) in [5, 5.41) is 9.64. The summed E-state index contributed by atoms with van der Waals surface area (Å²) < 4.78 is 10.5. The maximum absolute atomic E-state index is 11.8. The monoisotopic (exact) mass is 300 g/mol. The lowest BCUT2D eigenvalue weighted by molar-refractivity contribution is -0.138. The Morgan fingerprint density at radius 3 is 2.50 bits per heavy atom. The first-order valence-corrected chi connectivity index (χ1v) is 7.05. The zero-order chi connectivity index (χ0) is 16.1. The number of hydrogen-bond acceptors (Lipinski definition) is 3. The fourth-order valence-corrected chi connectivity index (χ4v) is 2.52. The van der Waals surface area contributed by atoms with E-state index in [0.717, 1.165) is 11.1 Å². The summed E-state index contributed by atoms with van der Waals surface area (Å²) in [6.07, 6.45) is 0.403. The fourth-order valence-electron chi connectivity index (χ4n) is 2.52. The zero-order valence-electron chi connectivity index (χ0n) is 13.0. The average Bonchev–Trinajstić information content (AvgIpc) is 2.51. The van der Waals surface area contributed by atoms with Crippen molar-refractivity contribution in [2.24, 2.45) is 0 Å². The third-order valence-electron chi connectivity index (χ3n) is 3.63. The van der Waals surface area contributed by atoms with Gasteiger partial charge >= 0.3 is 5.97 Å². The Bertz CT molecular complexity index is 664. The van der Waals surface area contributed by atoms with Crippen LogP contribution >= 0.6 is 0 Å². The van der Waals surface area contributed by atoms with Gasteiger partial charge in [0.25, 0.3) is 0 Å². The largest absolute Gasteiger partial charge is 0.497 e. The lowest BCUT2D eigenvalue weighted by atomic mass is 9.90. The second-order valence-corrected chi connectivity index (χ2v) is 5.19. The molecule has 0 spiro atoms. The van der Waals surface area contributed by atoms with Crippen molar-refractivity contribution >= 4 is 5.97 Å². The Labute approximate surface area is 130 Å². The minimum absolute atomic E-state index is 0.403. The molecule has 0 bridgehead atoms. The highest BCUT2D eigenvalue weighted by atomic mass is 16.5. The van der Waals surface area contributed by atoms with E-state index in [4.69, 9.17) is 9.47 Å². The van der Waals surface area contributed by atoms with Crippen LogP contribution in [0.15, 0.2) is 42.5 Å². The third-order valence-corrected chi connectivity index (χ3v) is 3.63. The lowest BCUT2D eigenvalue weighted by Gasteiger charge is -2.17. The summed E-state index contributed by atoms with van der Waals surface area (Å²) in [6, 6.07) is 13.1. The molecule has 0 fully saturated rings. The minimum Gasteiger partial charge on any atom is -0.497 e. The number of carbonyl (C=O) groups is 1. The van der Waals surface area contributed by atoms with Crippen molar-refractivity contribution in [3.63, 3.8) is 0 Å². The van der Waals surface area contributed by atoms with Gasteiger partial charge in [-0.25, -0.2) is 0 Å². The molecule has 0 radical (unpaired) electrons. The molecule has 0 aliphatic carbocycles. The standard InChI is InChI=1S/C18H20O4/c1-12-5-4-6-13(9-12)10-16(18(19)20)15-11-14(21-2)7-8-17(15)22-3/h4-9,11,16H,10H2,1-3H3,(H,19,20). The summed E-state index contributed by atoms with van der Waals surface area (Å²) >= 11 is 0. The van der Waals surface area contributed by atoms with Crippen molar-refractivity contribution in [2.45, 2.75) is 19.3 Å². The van der Waals surface area contributed by atoms with Gasteiger partial charge in [-0.15, -0.1) is 0 Å². The van der Waals surface area contributed by atoms with Gasteiger partial charge in [0.2, 0.25) is 0 Å². The Morgan fingerprint density at radius 2 is 1.91 bits per heavy atom. The number of ether oxygens (including phenoxy) is 2. The third kappa shape index (κ3) is 3.58. The lowest BCUT2D eigenvalue weighted by Crippen LogP contribution is -2.15. The molecule has 116 valence electrons. The highest BCUT2D eigenvalue weighted by molar-refractivity contribution is 5.78. The number of aliphatic carboxylic acids is 1. The van der Waals surface area contributed by atoms with E-state index in [1.807, 2.05) is 31.2 Å². The van der Waals surface area contributed by atoms with Crippen molar-refractivity contribution in [1.29, 1.82) is 0 Å². The van der Waals surface area contributed by atoms with Crippen LogP contribution in [0.25, 0.3) is 0 Å². The Kier molecular flexibility index (Phi) is 5.04. The van der Waals surface area contributed by atoms with Gasteiger partial charge < -0.3 is 14.6 Å². The van der Waals surface area contributed by atoms with Gasteiger partial charge in [-0.3, -0.25) is 4.79 Å². The molecule has 0 saturated carbocycles. The van der Waals surface area contributed by atoms with E-state index in [1.54, 1.807) is 25.3 Å². The second kappa shape index (κ2) is 6.98. The molecule has 0 heterocycles. The molecule has 2 rings (SSSR count). The average molecular weight is 300 g/mol. The number of aryl methyl sites for hydroxylation is 1. The van der Waals surface area contributed by atoms with Crippen LogP contribution in [0.5, 0.6) is 11.5 Å². The molecular weight excluding hydrogens is 280 g/mol. The molecule has 4 nitrogen and oxygen atoms in total. The predicted molar refractivity (Wildman–Crippen MR) is 84.8 cm³/mol. The van der Waals surface area contributed by atoms with E-state index in [0.29, 0.717) is 23.5 Å². The van der Waals surface area contributed by atoms with Gasteiger partial charge in [0.15, 0.2) is 0 Å². The molecule has 1 atom stereocenters. The first-order chi connectivity index (χ1) is 10.5. The van der Waals surface area contributed by atoms with Gasteiger partial charge in [-0.1, -0.05) is 29.8 Å². The normalized spacial score (nSPS) is 11.8. The highest BCUT2D eigenvalue weighted by Gasteiger charge is 2.24. The number of hydrogen-bond donors (Lipinski definition) is 1. The summed E-state index contributed by atoms with van der Waals surface area (Å²) in [5.74, 6) is -0.396. The van der Waals surface area contributed by atoms with Crippen molar-refractivity contribution in [1.82, 2.24) is 0 Å². The van der Waals surface area contributed by atoms with E-state index >= 15 is 0 Å². The van der Waals surface area contributed by atoms with Gasteiger partial charge in [0.05, 0.1) is 20.1 Å². The predicted octanol–water partition coefficient (Wildman–Crippen LogP) is 3.42. The van der Waals surface area contributed by atoms with Crippen LogP contribution < -0.4 is 9.47 Å². The van der Waals surface area contributed by atoms with E-state index < -0.39 is 11.9 Å². The number of carboxylic acids is 1. The zero-order valence-corrected chi connectivity index (χ0v) is 13.0. The SMILES string of the molecule is COc1ccc(OC)c(C(Cc2cccc(C)c2)C(=O)O)c1. The molecule has 0 aliphatic rings. The van der Waals surface area contributed by atoms with Crippen LogP contribution in [-0.2, 0) is 11.2 Å². The summed E-state index contributed by atoms with van der Waals surface area (Å²) in [4.78, 5) is 11.8. The van der Waals surface area contributed by atoms with Crippen LogP contribution in [0.3, 0.4) is 0 Å². The molecule has 0 aromatic heterocycles. The maximum atomic E-state index is 11.8. The van der Waals surface area contributed by atoms with E-state index in [9.17, 15) is 9.90 Å². The molecular formula is C18H20O4. The summed E-state index contributed by atoms with van der Waals surface area (Å²) in [7, 11) is 3.10. The molecule has 0 amide bonds. The van der Waals surface area contributed by atoms with Crippen LogP contribution in [0.2, 0.25) is 0 Å². The highest BCUT2D eigenvalue weighted by Crippen LogP contribution is 2.33.